The second kappa shape index (κ2) is 8.85. The van der Waals surface area contributed by atoms with E-state index in [1.165, 1.54) is 17.2 Å². The maximum atomic E-state index is 14.5. The molecule has 2 heterocycles. The number of fused-ring (bicyclic) bond motifs is 1. The number of halogens is 1. The number of anilines is 1. The number of pyridine rings is 1. The number of carbonyl (C=O) groups excluding carboxylic acids is 2. The zero-order valence-corrected chi connectivity index (χ0v) is 16.5. The number of hydrogen-bond acceptors (Lipinski definition) is 5. The van der Waals surface area contributed by atoms with Crippen molar-refractivity contribution in [3.8, 4) is 0 Å². The highest BCUT2D eigenvalue weighted by Crippen LogP contribution is 2.28. The van der Waals surface area contributed by atoms with Crippen LogP contribution in [0.4, 0.5) is 10.1 Å². The number of nitrogens with zero attached hydrogens (tertiary/aromatic N) is 3. The van der Waals surface area contributed by atoms with Gasteiger partial charge in [0.15, 0.2) is 6.17 Å². The molecule has 0 bridgehead atoms. The van der Waals surface area contributed by atoms with Crippen LogP contribution in [0.2, 0.25) is 0 Å². The molecule has 0 spiro atoms. The van der Waals surface area contributed by atoms with Crippen LogP contribution < -0.4 is 16.0 Å². The standard InChI is InChI=1S/C23H20FN5O2/c24-18-9-3-1-7-16(18)20-17-8-2-4-10-19(17)29(23(31)21(25)28-20)13-12-27-22(30)15-6-5-11-26-14-15/h1-11,14,21H,12-13,25H2,(H,27,30). The van der Waals surface area contributed by atoms with E-state index in [0.29, 0.717) is 22.5 Å². The van der Waals surface area contributed by atoms with E-state index in [1.54, 1.807) is 60.8 Å². The third kappa shape index (κ3) is 4.19. The smallest absolute Gasteiger partial charge is 0.266 e. The molecular formula is C23H20FN5O2. The van der Waals surface area contributed by atoms with E-state index >= 15 is 0 Å². The predicted molar refractivity (Wildman–Crippen MR) is 115 cm³/mol. The monoisotopic (exact) mass is 417 g/mol. The molecule has 1 aromatic heterocycles. The van der Waals surface area contributed by atoms with Gasteiger partial charge < -0.3 is 16.0 Å². The molecule has 1 aliphatic rings. The summed E-state index contributed by atoms with van der Waals surface area (Å²) in [6.07, 6.45) is 1.85. The summed E-state index contributed by atoms with van der Waals surface area (Å²) in [6, 6.07) is 16.6. The molecule has 2 amide bonds. The number of benzodiazepines with no additional fused rings is 1. The number of benzene rings is 2. The number of para-hydroxylation sites is 1. The number of amides is 2. The zero-order valence-electron chi connectivity index (χ0n) is 16.5. The van der Waals surface area contributed by atoms with E-state index in [9.17, 15) is 14.0 Å². The fourth-order valence-corrected chi connectivity index (χ4v) is 3.43. The maximum Gasteiger partial charge on any atom is 0.266 e. The van der Waals surface area contributed by atoms with Gasteiger partial charge in [-0.1, -0.05) is 30.3 Å². The van der Waals surface area contributed by atoms with Crippen molar-refractivity contribution >= 4 is 23.2 Å². The Morgan fingerprint density at radius 3 is 2.55 bits per heavy atom. The second-order valence-electron chi connectivity index (χ2n) is 6.91. The largest absolute Gasteiger partial charge is 0.350 e. The van der Waals surface area contributed by atoms with Crippen molar-refractivity contribution in [3.63, 3.8) is 0 Å². The van der Waals surface area contributed by atoms with E-state index in [-0.39, 0.29) is 24.6 Å². The minimum atomic E-state index is -1.20. The Balaban J connectivity index is 1.62. The van der Waals surface area contributed by atoms with E-state index in [0.717, 1.165) is 0 Å². The SMILES string of the molecule is NC1N=C(c2ccccc2F)c2ccccc2N(CCNC(=O)c2cccnc2)C1=O. The Hall–Kier alpha value is -3.91. The first-order valence-corrected chi connectivity index (χ1v) is 9.73. The second-order valence-corrected chi connectivity index (χ2v) is 6.91. The van der Waals surface area contributed by atoms with Crippen molar-refractivity contribution in [2.24, 2.45) is 10.7 Å². The van der Waals surface area contributed by atoms with Crippen LogP contribution in [0.15, 0.2) is 78.0 Å². The topological polar surface area (TPSA) is 101 Å². The van der Waals surface area contributed by atoms with Gasteiger partial charge in [0, 0.05) is 36.6 Å². The number of rotatable bonds is 5. The molecular weight excluding hydrogens is 397 g/mol. The van der Waals surface area contributed by atoms with Gasteiger partial charge in [0.1, 0.15) is 5.82 Å². The van der Waals surface area contributed by atoms with Crippen LogP contribution in [0.1, 0.15) is 21.5 Å². The van der Waals surface area contributed by atoms with Crippen molar-refractivity contribution in [2.75, 3.05) is 18.0 Å². The summed E-state index contributed by atoms with van der Waals surface area (Å²) in [7, 11) is 0. The molecule has 2 aromatic carbocycles. The summed E-state index contributed by atoms with van der Waals surface area (Å²) < 4.78 is 14.5. The zero-order chi connectivity index (χ0) is 21.8. The van der Waals surface area contributed by atoms with Gasteiger partial charge in [0.2, 0.25) is 0 Å². The molecule has 0 aliphatic carbocycles. The highest BCUT2D eigenvalue weighted by Gasteiger charge is 2.30. The van der Waals surface area contributed by atoms with Crippen LogP contribution in [0.25, 0.3) is 0 Å². The van der Waals surface area contributed by atoms with Crippen LogP contribution in [0.3, 0.4) is 0 Å². The number of carbonyl (C=O) groups is 2. The summed E-state index contributed by atoms with van der Waals surface area (Å²) in [5.41, 5.74) is 8.20. The van der Waals surface area contributed by atoms with Crippen molar-refractivity contribution < 1.29 is 14.0 Å². The number of nitrogens with one attached hydrogen (secondary N) is 1. The molecule has 0 saturated heterocycles. The first-order valence-electron chi connectivity index (χ1n) is 9.73. The van der Waals surface area contributed by atoms with Gasteiger partial charge in [0.05, 0.1) is 17.0 Å². The summed E-state index contributed by atoms with van der Waals surface area (Å²) in [5.74, 6) is -1.18. The van der Waals surface area contributed by atoms with E-state index in [1.807, 2.05) is 0 Å². The van der Waals surface area contributed by atoms with E-state index in [4.69, 9.17) is 5.73 Å². The molecule has 1 unspecified atom stereocenters. The van der Waals surface area contributed by atoms with Gasteiger partial charge >= 0.3 is 0 Å². The maximum absolute atomic E-state index is 14.5. The summed E-state index contributed by atoms with van der Waals surface area (Å²) in [5, 5.41) is 2.77. The molecule has 3 N–H and O–H groups in total. The third-order valence-corrected chi connectivity index (χ3v) is 4.91. The first-order chi connectivity index (χ1) is 15.1. The van der Waals surface area contributed by atoms with Gasteiger partial charge in [-0.05, 0) is 30.3 Å². The third-order valence-electron chi connectivity index (χ3n) is 4.91. The number of nitrogens with two attached hydrogens (primary N) is 1. The van der Waals surface area contributed by atoms with Gasteiger partial charge in [-0.2, -0.15) is 0 Å². The minimum Gasteiger partial charge on any atom is -0.350 e. The summed E-state index contributed by atoms with van der Waals surface area (Å²) in [6.45, 7) is 0.366. The highest BCUT2D eigenvalue weighted by molar-refractivity contribution is 6.20. The highest BCUT2D eigenvalue weighted by atomic mass is 19.1. The minimum absolute atomic E-state index is 0.176. The lowest BCUT2D eigenvalue weighted by molar-refractivity contribution is -0.119. The van der Waals surface area contributed by atoms with Gasteiger partial charge in [-0.15, -0.1) is 0 Å². The molecule has 0 saturated carbocycles. The molecule has 4 rings (SSSR count). The molecule has 1 aliphatic heterocycles. The number of aliphatic imine (C=N–C) groups is 1. The normalized spacial score (nSPS) is 15.7. The fourth-order valence-electron chi connectivity index (χ4n) is 3.43. The van der Waals surface area contributed by atoms with Crippen LogP contribution in [0.5, 0.6) is 0 Å². The molecule has 0 fully saturated rings. The Kier molecular flexibility index (Phi) is 5.81. The van der Waals surface area contributed by atoms with E-state index in [2.05, 4.69) is 15.3 Å². The van der Waals surface area contributed by atoms with Crippen molar-refractivity contribution in [1.29, 1.82) is 0 Å². The molecule has 8 heteroatoms. The Bertz CT molecular complexity index is 1150. The lowest BCUT2D eigenvalue weighted by atomic mass is 9.99. The molecule has 31 heavy (non-hydrogen) atoms. The van der Waals surface area contributed by atoms with Crippen LogP contribution >= 0.6 is 0 Å². The van der Waals surface area contributed by atoms with Crippen molar-refractivity contribution in [3.05, 3.63) is 95.6 Å². The number of aromatic nitrogens is 1. The molecule has 3 aromatic rings. The lowest BCUT2D eigenvalue weighted by Gasteiger charge is -2.24. The van der Waals surface area contributed by atoms with Crippen molar-refractivity contribution in [2.45, 2.75) is 6.17 Å². The quantitative estimate of drug-likeness (QED) is 0.664. The predicted octanol–water partition coefficient (Wildman–Crippen LogP) is 2.12. The summed E-state index contributed by atoms with van der Waals surface area (Å²) in [4.78, 5) is 35.0. The Labute approximate surface area is 178 Å². The molecule has 0 radical (unpaired) electrons. The van der Waals surface area contributed by atoms with Crippen LogP contribution in [-0.2, 0) is 4.79 Å². The Morgan fingerprint density at radius 2 is 1.81 bits per heavy atom. The average Bonchev–Trinajstić information content (AvgIpc) is 2.90. The molecule has 156 valence electrons. The lowest BCUT2D eigenvalue weighted by Crippen LogP contribution is -2.45. The van der Waals surface area contributed by atoms with Crippen LogP contribution in [-0.4, -0.2) is 41.8 Å². The first kappa shape index (κ1) is 20.4. The van der Waals surface area contributed by atoms with Gasteiger partial charge in [-0.25, -0.2) is 4.39 Å². The molecule has 7 nitrogen and oxygen atoms in total. The molecule has 1 atom stereocenters. The van der Waals surface area contributed by atoms with Gasteiger partial charge in [0.25, 0.3) is 11.8 Å². The number of hydrogen-bond donors (Lipinski definition) is 2. The summed E-state index contributed by atoms with van der Waals surface area (Å²) >= 11 is 0. The average molecular weight is 417 g/mol. The van der Waals surface area contributed by atoms with E-state index < -0.39 is 17.9 Å². The van der Waals surface area contributed by atoms with Crippen LogP contribution in [0, 0.1) is 5.82 Å². The van der Waals surface area contributed by atoms with Gasteiger partial charge in [-0.3, -0.25) is 19.6 Å². The fraction of sp³-hybridized carbons (Fsp3) is 0.130. The Morgan fingerprint density at radius 1 is 1.06 bits per heavy atom. The van der Waals surface area contributed by atoms with Crippen molar-refractivity contribution in [1.82, 2.24) is 10.3 Å².